The van der Waals surface area contributed by atoms with Crippen LogP contribution in [-0.2, 0) is 21.7 Å². The number of fused-ring (bicyclic) bond motifs is 26. The van der Waals surface area contributed by atoms with Gasteiger partial charge in [-0.1, -0.05) is 322 Å². The van der Waals surface area contributed by atoms with Gasteiger partial charge in [-0.15, -0.1) is 0 Å². The summed E-state index contributed by atoms with van der Waals surface area (Å²) in [6, 6.07) is 155. The Morgan fingerprint density at radius 1 is 0.136 bits per heavy atom. The first-order valence-electron chi connectivity index (χ1n) is 46.7. The van der Waals surface area contributed by atoms with Gasteiger partial charge in [0.2, 0.25) is 0 Å². The van der Waals surface area contributed by atoms with Gasteiger partial charge in [-0.3, -0.25) is 0 Å². The molecule has 4 aliphatic carbocycles. The van der Waals surface area contributed by atoms with E-state index in [1.807, 2.05) is 0 Å². The lowest BCUT2D eigenvalue weighted by molar-refractivity contribution is 0.660. The first kappa shape index (κ1) is 76.2. The highest BCUT2D eigenvalue weighted by molar-refractivity contribution is 6.17. The Bertz CT molecular complexity index is 8640. The maximum Gasteiger partial charge on any atom is 0.0541 e. The van der Waals surface area contributed by atoms with E-state index < -0.39 is 0 Å². The fraction of sp³-hybridized carbons (Fsp3) is 0.0938. The third-order valence-electron chi connectivity index (χ3n) is 31.0. The van der Waals surface area contributed by atoms with Crippen molar-refractivity contribution >= 4 is 109 Å². The molecule has 132 heavy (non-hydrogen) atoms. The highest BCUT2D eigenvalue weighted by Crippen LogP contribution is 2.56. The molecular weight excluding hydrogens is 1590 g/mol. The topological polar surface area (TPSA) is 19.7 Å². The van der Waals surface area contributed by atoms with Gasteiger partial charge in [0.25, 0.3) is 0 Å². The standard InChI is InChI=1S/C74H52N2.C54H40N2/c1-73(2)65-19-11-9-17-57(65)59-31-29-55(43-67(59)73)75-69-33-25-51(49-23-21-45-13-5-7-15-47(45)37-49)39-61(69)63-41-53(27-35-71(63)75)54-28-36-72-64(42-54)62-40-52(50-24-22-46-14-6-8-16-48(46)38-50)26-34-70(62)76(72)56-30-32-60-58-18-10-12-20-66(58)74(3,4)68(60)44-56;1-53(2)45-17-9-5-13-37(45)39-25-23-35(31-47(39)53)55-49-19-11-7-15-41(49)43-29-33(21-27-51(43)55)34-22-28-52-44(30-34)42-16-8-12-20-50(42)56(52)36-24-26-40-38-14-6-10-18-46(38)54(3,4)48(40)32-36/h5-44H,1-4H3;5-32H,1-4H3. The second-order valence-corrected chi connectivity index (χ2v) is 39.5. The van der Waals surface area contributed by atoms with Crippen LogP contribution in [0.15, 0.2) is 413 Å². The van der Waals surface area contributed by atoms with Gasteiger partial charge in [-0.25, -0.2) is 0 Å². The van der Waals surface area contributed by atoms with E-state index in [0.29, 0.717) is 0 Å². The second kappa shape index (κ2) is 27.8. The molecule has 0 saturated heterocycles. The Balaban J connectivity index is 0.000000141. The molecule has 0 bridgehead atoms. The zero-order chi connectivity index (χ0) is 88.1. The van der Waals surface area contributed by atoms with Crippen molar-refractivity contribution in [3.63, 3.8) is 0 Å². The fourth-order valence-electron chi connectivity index (χ4n) is 24.2. The molecule has 4 heteroatoms. The number of hydrogen-bond acceptors (Lipinski definition) is 0. The minimum Gasteiger partial charge on any atom is -0.309 e. The van der Waals surface area contributed by atoms with Gasteiger partial charge in [0.1, 0.15) is 0 Å². The number of para-hydroxylation sites is 2. The van der Waals surface area contributed by atoms with Crippen LogP contribution in [0, 0.1) is 0 Å². The average Bonchev–Trinajstić information content (AvgIpc) is 1.57. The molecule has 0 spiro atoms. The van der Waals surface area contributed by atoms with E-state index in [0.717, 1.165) is 0 Å². The van der Waals surface area contributed by atoms with E-state index in [9.17, 15) is 0 Å². The van der Waals surface area contributed by atoms with Gasteiger partial charge in [0, 0.05) is 87.5 Å². The quantitative estimate of drug-likeness (QED) is 0.144. The summed E-state index contributed by atoms with van der Waals surface area (Å²) < 4.78 is 9.92. The number of nitrogens with zero attached hydrogens (tertiary/aromatic N) is 4. The molecule has 4 aliphatic rings. The minimum absolute atomic E-state index is 0.0569. The fourth-order valence-corrected chi connectivity index (χ4v) is 24.2. The third kappa shape index (κ3) is 11.0. The van der Waals surface area contributed by atoms with E-state index in [-0.39, 0.29) is 21.7 Å². The highest BCUT2D eigenvalue weighted by atomic mass is 15.0. The molecular formula is C128H92N4. The number of rotatable bonds is 8. The summed E-state index contributed by atoms with van der Waals surface area (Å²) >= 11 is 0. The zero-order valence-electron chi connectivity index (χ0n) is 75.0. The van der Waals surface area contributed by atoms with Crippen LogP contribution in [0.4, 0.5) is 0 Å². The lowest BCUT2D eigenvalue weighted by Crippen LogP contribution is -2.15. The third-order valence-corrected chi connectivity index (χ3v) is 31.0. The molecule has 0 radical (unpaired) electrons. The van der Waals surface area contributed by atoms with Gasteiger partial charge in [-0.05, 0) is 301 Å². The van der Waals surface area contributed by atoms with Crippen LogP contribution in [0.5, 0.6) is 0 Å². The molecule has 24 aromatic rings. The molecule has 20 aromatic carbocycles. The van der Waals surface area contributed by atoms with Crippen LogP contribution in [0.3, 0.4) is 0 Å². The Hall–Kier alpha value is -15.9. The van der Waals surface area contributed by atoms with Crippen molar-refractivity contribution in [2.75, 3.05) is 0 Å². The van der Waals surface area contributed by atoms with Crippen molar-refractivity contribution in [1.82, 2.24) is 18.3 Å². The number of hydrogen-bond donors (Lipinski definition) is 0. The molecule has 624 valence electrons. The summed E-state index contributed by atoms with van der Waals surface area (Å²) in [5.74, 6) is 0. The minimum atomic E-state index is -0.113. The van der Waals surface area contributed by atoms with Gasteiger partial charge < -0.3 is 18.3 Å². The summed E-state index contributed by atoms with van der Waals surface area (Å²) in [7, 11) is 0. The van der Waals surface area contributed by atoms with Crippen LogP contribution in [-0.4, -0.2) is 18.3 Å². The molecule has 0 fully saturated rings. The van der Waals surface area contributed by atoms with Crippen molar-refractivity contribution < 1.29 is 0 Å². The Labute approximate surface area is 767 Å². The van der Waals surface area contributed by atoms with Crippen molar-refractivity contribution in [3.8, 4) is 112 Å². The van der Waals surface area contributed by atoms with Crippen molar-refractivity contribution in [2.45, 2.75) is 77.0 Å². The van der Waals surface area contributed by atoms with Crippen molar-refractivity contribution in [1.29, 1.82) is 0 Å². The molecule has 0 unspecified atom stereocenters. The van der Waals surface area contributed by atoms with Gasteiger partial charge in [0.15, 0.2) is 0 Å². The predicted octanol–water partition coefficient (Wildman–Crippen LogP) is 34.0. The monoisotopic (exact) mass is 1680 g/mol. The van der Waals surface area contributed by atoms with Gasteiger partial charge in [-0.2, -0.15) is 0 Å². The summed E-state index contributed by atoms with van der Waals surface area (Å²) in [6.45, 7) is 18.9. The maximum absolute atomic E-state index is 2.50. The molecule has 0 saturated carbocycles. The van der Waals surface area contributed by atoms with Gasteiger partial charge >= 0.3 is 0 Å². The molecule has 0 aliphatic heterocycles. The average molecular weight is 1690 g/mol. The zero-order valence-corrected chi connectivity index (χ0v) is 75.0. The molecule has 0 amide bonds. The van der Waals surface area contributed by atoms with Gasteiger partial charge in [0.05, 0.1) is 44.1 Å². The second-order valence-electron chi connectivity index (χ2n) is 39.5. The lowest BCUT2D eigenvalue weighted by Gasteiger charge is -2.22. The van der Waals surface area contributed by atoms with E-state index in [4.69, 9.17) is 0 Å². The normalized spacial score (nSPS) is 14.3. The summed E-state index contributed by atoms with van der Waals surface area (Å²) in [6.07, 6.45) is 0. The van der Waals surface area contributed by atoms with E-state index in [2.05, 4.69) is 486 Å². The van der Waals surface area contributed by atoms with E-state index in [1.54, 1.807) is 0 Å². The van der Waals surface area contributed by atoms with E-state index >= 15 is 0 Å². The summed E-state index contributed by atoms with van der Waals surface area (Å²) in [5, 5.41) is 15.0. The summed E-state index contributed by atoms with van der Waals surface area (Å²) in [5.41, 5.74) is 45.7. The first-order valence-corrected chi connectivity index (χ1v) is 46.7. The number of aromatic nitrogens is 4. The van der Waals surface area contributed by atoms with Crippen LogP contribution < -0.4 is 0 Å². The molecule has 4 aromatic heterocycles. The van der Waals surface area contributed by atoms with Crippen LogP contribution in [0.1, 0.15) is 99.9 Å². The van der Waals surface area contributed by atoms with E-state index in [1.165, 1.54) is 265 Å². The van der Waals surface area contributed by atoms with Crippen molar-refractivity contribution in [3.05, 3.63) is 457 Å². The maximum atomic E-state index is 2.50. The van der Waals surface area contributed by atoms with Crippen LogP contribution >= 0.6 is 0 Å². The summed E-state index contributed by atoms with van der Waals surface area (Å²) in [4.78, 5) is 0. The first-order chi connectivity index (χ1) is 64.4. The predicted molar refractivity (Wildman–Crippen MR) is 557 cm³/mol. The molecule has 4 nitrogen and oxygen atoms in total. The molecule has 28 rings (SSSR count). The Kier molecular flexibility index (Phi) is 16.1. The smallest absolute Gasteiger partial charge is 0.0541 e. The lowest BCUT2D eigenvalue weighted by atomic mass is 9.82. The molecule has 0 N–H and O–H groups in total. The largest absolute Gasteiger partial charge is 0.309 e. The van der Waals surface area contributed by atoms with Crippen LogP contribution in [0.2, 0.25) is 0 Å². The number of benzene rings is 20. The molecule has 4 heterocycles. The SMILES string of the molecule is CC1(C)c2ccccc2-c2ccc(-n3c4ccc(-c5ccc6ccccc6c5)cc4c4cc(-c5ccc6c(c5)c5cc(-c7ccc8ccccc8c7)ccc5n6-c5ccc6c(c5)C(C)(C)c5ccccc5-6)ccc43)cc21.CC1(C)c2ccccc2-c2ccc(-n3c4ccccc4c4cc(-c5ccc6c(c5)c5ccccc5n6-c5ccc6c(c5)C(C)(C)c5ccccc5-6)ccc43)cc21. The Morgan fingerprint density at radius 3 is 0.606 bits per heavy atom. The highest BCUT2D eigenvalue weighted by Gasteiger charge is 2.40. The Morgan fingerprint density at radius 2 is 0.333 bits per heavy atom. The van der Waals surface area contributed by atoms with Crippen LogP contribution in [0.25, 0.3) is 221 Å². The van der Waals surface area contributed by atoms with Crippen molar-refractivity contribution in [2.24, 2.45) is 0 Å². The molecule has 0 atom stereocenters.